The molecular weight excluding hydrogens is 1020 g/mol. The van der Waals surface area contributed by atoms with Gasteiger partial charge in [0, 0.05) is 22.3 Å². The Morgan fingerprint density at radius 1 is 0.597 bits per heavy atom. The van der Waals surface area contributed by atoms with Crippen molar-refractivity contribution in [2.45, 2.75) is 56.5 Å². The van der Waals surface area contributed by atoms with Gasteiger partial charge in [0.15, 0.2) is 23.1 Å². The molecular formula is C39H47Br2ClF4N2O12S2. The highest BCUT2D eigenvalue weighted by atomic mass is 79.9. The Balaban J connectivity index is 0.000000776. The number of Topliss-reactive ketones (excluding diaryl/α,β-unsaturated/α-hetero) is 2. The maximum Gasteiger partial charge on any atom is 0.240 e. The number of ether oxygens (including phenoxy) is 4. The van der Waals surface area contributed by atoms with E-state index in [1.165, 1.54) is 50.2 Å². The Bertz CT molecular complexity index is 2350. The van der Waals surface area contributed by atoms with Gasteiger partial charge in [0.25, 0.3) is 0 Å². The summed E-state index contributed by atoms with van der Waals surface area (Å²) in [5.74, 6) is -4.68. The maximum atomic E-state index is 13.3. The Kier molecular flexibility index (Phi) is 24.6. The Morgan fingerprint density at radius 2 is 0.903 bits per heavy atom. The number of aliphatic hydroxyl groups is 2. The van der Waals surface area contributed by atoms with Crippen molar-refractivity contribution in [1.29, 1.82) is 0 Å². The predicted molar refractivity (Wildman–Crippen MR) is 230 cm³/mol. The zero-order valence-corrected chi connectivity index (χ0v) is 38.4. The standard InChI is InChI=1S/C10H10BrFO2.C10H12FNO4S.C8H6BrFO.C8H8FNO3S.C2H6O2.CH4.ClH/c1-10(13-4-5-14-10)7-2-3-9(12)8(11)6-7;1-10(15-4-5-16-10)7-2-3-8(11)9(6-7)17(12,13)14;1-5(11)6-2-3-8(10)7(9)4-6;1-5(11)6-2-3-7(9)8(4-6)14(10,12)13;3-1-2-4;;/h2-3,6H,4-5H2,1H3;2-3,6H,4-5H2,1H3,(H2,12,13,14);2-4H,1H3;2-4H,1H3,(H2,10,12,13);3-4H,1-2H2;1H4;1H. The fraction of sp³-hybridized carbons (Fsp3) is 0.333. The molecule has 0 unspecified atom stereocenters. The van der Waals surface area contributed by atoms with Crippen molar-refractivity contribution < 1.29 is 73.1 Å². The van der Waals surface area contributed by atoms with Crippen LogP contribution in [-0.4, -0.2) is 78.3 Å². The third-order valence-corrected chi connectivity index (χ3v) is 11.0. The third-order valence-electron chi connectivity index (χ3n) is 7.95. The first-order chi connectivity index (χ1) is 27.8. The van der Waals surface area contributed by atoms with Gasteiger partial charge < -0.3 is 29.2 Å². The number of primary sulfonamides is 2. The largest absolute Gasteiger partial charge is 0.394 e. The topological polar surface area (TPSA) is 232 Å². The molecule has 2 heterocycles. The van der Waals surface area contributed by atoms with Crippen LogP contribution in [0, 0.1) is 23.3 Å². The van der Waals surface area contributed by atoms with Crippen LogP contribution < -0.4 is 10.3 Å². The number of hydrogen-bond acceptors (Lipinski definition) is 12. The SMILES string of the molecule is C.CC(=O)c1ccc(F)c(Br)c1.CC(=O)c1ccc(F)c(S(N)(=O)=O)c1.CC1(c2ccc(F)c(Br)c2)OCCO1.CC1(c2ccc(F)c(S(N)(=O)=O)c2)OCCO1.Cl.OCCO. The summed E-state index contributed by atoms with van der Waals surface area (Å²) in [5.41, 5.74) is 1.86. The summed E-state index contributed by atoms with van der Waals surface area (Å²) in [6.07, 6.45) is 0. The molecule has 2 saturated heterocycles. The fourth-order valence-corrected chi connectivity index (χ4v) is 6.82. The highest BCUT2D eigenvalue weighted by Crippen LogP contribution is 2.34. The molecule has 2 aliphatic rings. The second-order valence-corrected chi connectivity index (χ2v) is 17.3. The minimum atomic E-state index is -4.12. The van der Waals surface area contributed by atoms with Gasteiger partial charge in [-0.2, -0.15) is 0 Å². The van der Waals surface area contributed by atoms with E-state index < -0.39 is 53.0 Å². The summed E-state index contributed by atoms with van der Waals surface area (Å²) in [6, 6.07) is 15.6. The highest BCUT2D eigenvalue weighted by Gasteiger charge is 2.35. The molecule has 23 heteroatoms. The summed E-state index contributed by atoms with van der Waals surface area (Å²) in [5, 5.41) is 24.9. The van der Waals surface area contributed by atoms with Gasteiger partial charge in [-0.05, 0) is 120 Å². The first-order valence-corrected chi connectivity index (χ1v) is 21.8. The minimum absolute atomic E-state index is 0. The number of rotatable bonds is 7. The lowest BCUT2D eigenvalue weighted by Gasteiger charge is -2.23. The second-order valence-electron chi connectivity index (χ2n) is 12.5. The van der Waals surface area contributed by atoms with E-state index in [2.05, 4.69) is 31.9 Å². The van der Waals surface area contributed by atoms with Crippen LogP contribution >= 0.6 is 44.3 Å². The minimum Gasteiger partial charge on any atom is -0.394 e. The van der Waals surface area contributed by atoms with Crippen LogP contribution in [0.3, 0.4) is 0 Å². The monoisotopic (exact) mass is 1070 g/mol. The predicted octanol–water partition coefficient (Wildman–Crippen LogP) is 7.00. The zero-order valence-electron chi connectivity index (χ0n) is 32.8. The molecule has 0 radical (unpaired) electrons. The van der Waals surface area contributed by atoms with E-state index in [4.69, 9.17) is 39.4 Å². The number of hydrogen-bond donors (Lipinski definition) is 4. The molecule has 0 aliphatic carbocycles. The molecule has 346 valence electrons. The highest BCUT2D eigenvalue weighted by molar-refractivity contribution is 9.10. The number of nitrogens with two attached hydrogens (primary N) is 2. The molecule has 4 aromatic carbocycles. The molecule has 2 fully saturated rings. The van der Waals surface area contributed by atoms with Gasteiger partial charge in [0.05, 0.1) is 48.6 Å². The van der Waals surface area contributed by atoms with E-state index in [0.717, 1.165) is 29.8 Å². The van der Waals surface area contributed by atoms with Gasteiger partial charge in [-0.3, -0.25) is 9.59 Å². The average Bonchev–Trinajstić information content (AvgIpc) is 3.83. The van der Waals surface area contributed by atoms with E-state index in [-0.39, 0.29) is 61.8 Å². The van der Waals surface area contributed by atoms with Gasteiger partial charge in [-0.15, -0.1) is 12.4 Å². The molecule has 0 saturated carbocycles. The lowest BCUT2D eigenvalue weighted by Crippen LogP contribution is -2.24. The van der Waals surface area contributed by atoms with Crippen LogP contribution in [0.4, 0.5) is 17.6 Å². The molecule has 0 atom stereocenters. The molecule has 6 rings (SSSR count). The van der Waals surface area contributed by atoms with Crippen molar-refractivity contribution in [2.24, 2.45) is 10.3 Å². The molecule has 0 bridgehead atoms. The number of carbonyl (C=O) groups excluding carboxylic acids is 2. The summed E-state index contributed by atoms with van der Waals surface area (Å²) in [6.45, 7) is 7.87. The van der Waals surface area contributed by atoms with Gasteiger partial charge >= 0.3 is 0 Å². The van der Waals surface area contributed by atoms with Gasteiger partial charge in [0.2, 0.25) is 20.0 Å². The van der Waals surface area contributed by atoms with Crippen LogP contribution in [0.5, 0.6) is 0 Å². The molecule has 14 nitrogen and oxygen atoms in total. The van der Waals surface area contributed by atoms with Crippen molar-refractivity contribution >= 4 is 75.9 Å². The lowest BCUT2D eigenvalue weighted by molar-refractivity contribution is -0.150. The summed E-state index contributed by atoms with van der Waals surface area (Å²) >= 11 is 6.12. The number of carbonyl (C=O) groups is 2. The Morgan fingerprint density at radius 3 is 1.24 bits per heavy atom. The fourth-order valence-electron chi connectivity index (χ4n) is 4.80. The quantitative estimate of drug-likeness (QED) is 0.108. The van der Waals surface area contributed by atoms with Crippen molar-refractivity contribution in [1.82, 2.24) is 0 Å². The van der Waals surface area contributed by atoms with Crippen LogP contribution in [0.25, 0.3) is 0 Å². The van der Waals surface area contributed by atoms with E-state index in [1.807, 2.05) is 6.92 Å². The zero-order chi connectivity index (χ0) is 45.6. The first kappa shape index (κ1) is 58.8. The van der Waals surface area contributed by atoms with Gasteiger partial charge in [-0.1, -0.05) is 19.6 Å². The van der Waals surface area contributed by atoms with Crippen molar-refractivity contribution in [2.75, 3.05) is 39.6 Å². The Labute approximate surface area is 380 Å². The van der Waals surface area contributed by atoms with E-state index in [9.17, 15) is 44.0 Å². The Hall–Kier alpha value is -3.23. The number of ketones is 2. The maximum absolute atomic E-state index is 13.3. The number of sulfonamides is 2. The van der Waals surface area contributed by atoms with Crippen LogP contribution in [0.15, 0.2) is 91.5 Å². The summed E-state index contributed by atoms with van der Waals surface area (Å²) < 4.78 is 118. The van der Waals surface area contributed by atoms with Crippen LogP contribution in [0.2, 0.25) is 0 Å². The molecule has 6 N–H and O–H groups in total. The number of aliphatic hydroxyl groups excluding tert-OH is 2. The summed E-state index contributed by atoms with van der Waals surface area (Å²) in [7, 11) is -8.22. The molecule has 0 spiro atoms. The molecule has 2 aliphatic heterocycles. The average molecular weight is 1070 g/mol. The second kappa shape index (κ2) is 25.9. The molecule has 0 amide bonds. The smallest absolute Gasteiger partial charge is 0.240 e. The van der Waals surface area contributed by atoms with Crippen LogP contribution in [-0.2, 0) is 50.6 Å². The van der Waals surface area contributed by atoms with E-state index >= 15 is 0 Å². The van der Waals surface area contributed by atoms with Crippen LogP contribution in [0.1, 0.15) is 67.0 Å². The molecule has 4 aromatic rings. The third kappa shape index (κ3) is 17.7. The molecule has 0 aromatic heterocycles. The van der Waals surface area contributed by atoms with E-state index in [0.29, 0.717) is 46.5 Å². The first-order valence-electron chi connectivity index (χ1n) is 17.1. The van der Waals surface area contributed by atoms with Gasteiger partial charge in [0.1, 0.15) is 33.1 Å². The lowest BCUT2D eigenvalue weighted by atomic mass is 10.1. The van der Waals surface area contributed by atoms with E-state index in [1.54, 1.807) is 19.1 Å². The van der Waals surface area contributed by atoms with Crippen molar-refractivity contribution in [3.8, 4) is 0 Å². The number of benzene rings is 4. The van der Waals surface area contributed by atoms with Crippen molar-refractivity contribution in [3.63, 3.8) is 0 Å². The normalized spacial score (nSPS) is 14.6. The summed E-state index contributed by atoms with van der Waals surface area (Å²) in [4.78, 5) is 20.4. The van der Waals surface area contributed by atoms with Crippen molar-refractivity contribution in [3.05, 3.63) is 127 Å². The van der Waals surface area contributed by atoms with Gasteiger partial charge in [-0.25, -0.2) is 44.7 Å². The molecule has 62 heavy (non-hydrogen) atoms. The number of halogens is 7.